The Balaban J connectivity index is 0.00000256. The molecule has 2 aromatic rings. The second kappa shape index (κ2) is 8.57. The Morgan fingerprint density at radius 3 is 2.57 bits per heavy atom. The number of benzene rings is 1. The number of amides is 1. The summed E-state index contributed by atoms with van der Waals surface area (Å²) in [5, 5.41) is 4.69. The van der Waals surface area contributed by atoms with Crippen LogP contribution in [-0.4, -0.2) is 33.2 Å². The number of nitrogens with two attached hydrogens (primary N) is 1. The molecule has 2 fully saturated rings. The highest BCUT2D eigenvalue weighted by atomic mass is 35.5. The molecule has 2 atom stereocenters. The van der Waals surface area contributed by atoms with E-state index in [1.54, 1.807) is 18.2 Å². The molecule has 4 rings (SSSR count). The van der Waals surface area contributed by atoms with Crippen LogP contribution >= 0.6 is 35.6 Å². The zero-order valence-electron chi connectivity index (χ0n) is 15.7. The van der Waals surface area contributed by atoms with Crippen LogP contribution < -0.4 is 5.73 Å². The molecule has 11 heteroatoms. The summed E-state index contributed by atoms with van der Waals surface area (Å²) in [5.74, 6) is -0.444. The minimum absolute atomic E-state index is 0. The number of rotatable bonds is 4. The fourth-order valence-electron chi connectivity index (χ4n) is 3.83. The molecule has 2 heterocycles. The Hall–Kier alpha value is -1.48. The molecule has 1 aliphatic carbocycles. The van der Waals surface area contributed by atoms with Gasteiger partial charge in [-0.25, -0.2) is 0 Å². The first-order valence-corrected chi connectivity index (χ1v) is 10.1. The van der Waals surface area contributed by atoms with Crippen molar-refractivity contribution < 1.29 is 18.0 Å². The monoisotopic (exact) mass is 482 g/mol. The normalized spacial score (nSPS) is 21.6. The summed E-state index contributed by atoms with van der Waals surface area (Å²) in [6.07, 6.45) is -2.44. The van der Waals surface area contributed by atoms with Gasteiger partial charge in [0, 0.05) is 18.5 Å². The van der Waals surface area contributed by atoms with E-state index in [1.807, 2.05) is 0 Å². The van der Waals surface area contributed by atoms with Crippen LogP contribution in [0.4, 0.5) is 13.2 Å². The van der Waals surface area contributed by atoms with E-state index in [0.29, 0.717) is 34.3 Å². The predicted octanol–water partition coefficient (Wildman–Crippen LogP) is 4.81. The topological polar surface area (TPSA) is 64.2 Å². The van der Waals surface area contributed by atoms with Gasteiger partial charge in [0.2, 0.25) is 5.91 Å². The lowest BCUT2D eigenvalue weighted by Crippen LogP contribution is -2.38. The lowest BCUT2D eigenvalue weighted by atomic mass is 10.0. The Kier molecular flexibility index (Phi) is 6.63. The number of hydrogen-bond acceptors (Lipinski definition) is 3. The standard InChI is InChI=1S/C19H19Cl2F3N4O.ClH/c20-12-3-1-2-11(17(12)21)18-13(25)6-7-27(18)16(29)9-28-15(19(22,23)24)8-14(26-28)10-4-5-10;/h1-3,8,10,13,18H,4-7,9,25H2;1H/t13-,18-;/m1./s1. The quantitative estimate of drug-likeness (QED) is 0.679. The average Bonchev–Trinajstić information content (AvgIpc) is 3.29. The molecule has 30 heavy (non-hydrogen) atoms. The maximum absolute atomic E-state index is 13.4. The van der Waals surface area contributed by atoms with Crippen molar-refractivity contribution in [2.45, 2.75) is 50.0 Å². The Bertz CT molecular complexity index is 946. The number of halogens is 6. The molecule has 164 valence electrons. The summed E-state index contributed by atoms with van der Waals surface area (Å²) in [6.45, 7) is -0.186. The van der Waals surface area contributed by atoms with E-state index in [1.165, 1.54) is 4.90 Å². The fourth-order valence-corrected chi connectivity index (χ4v) is 4.25. The SMILES string of the molecule is Cl.N[C@@H]1CCN(C(=O)Cn2nc(C3CC3)cc2C(F)(F)F)[C@@H]1c1cccc(Cl)c1Cl. The second-order valence-electron chi connectivity index (χ2n) is 7.51. The van der Waals surface area contributed by atoms with Gasteiger partial charge in [0.05, 0.1) is 21.8 Å². The van der Waals surface area contributed by atoms with Gasteiger partial charge >= 0.3 is 6.18 Å². The number of carbonyl (C=O) groups is 1. The zero-order valence-corrected chi connectivity index (χ0v) is 18.0. The van der Waals surface area contributed by atoms with Crippen molar-refractivity contribution in [3.8, 4) is 0 Å². The van der Waals surface area contributed by atoms with Crippen LogP contribution in [0.5, 0.6) is 0 Å². The molecule has 1 saturated heterocycles. The Morgan fingerprint density at radius 1 is 1.23 bits per heavy atom. The maximum Gasteiger partial charge on any atom is 0.433 e. The molecule has 1 aromatic heterocycles. The highest BCUT2D eigenvalue weighted by molar-refractivity contribution is 6.42. The molecule has 0 spiro atoms. The third kappa shape index (κ3) is 4.42. The van der Waals surface area contributed by atoms with Gasteiger partial charge < -0.3 is 10.6 Å². The molecule has 2 aliphatic rings. The van der Waals surface area contributed by atoms with Crippen LogP contribution in [0.15, 0.2) is 24.3 Å². The third-order valence-corrected chi connectivity index (χ3v) is 6.27. The number of hydrogen-bond donors (Lipinski definition) is 1. The molecular formula is C19H20Cl3F3N4O. The number of likely N-dealkylation sites (tertiary alicyclic amines) is 1. The minimum atomic E-state index is -4.59. The van der Waals surface area contributed by atoms with Crippen molar-refractivity contribution >= 4 is 41.5 Å². The first-order valence-electron chi connectivity index (χ1n) is 9.30. The van der Waals surface area contributed by atoms with Crippen molar-refractivity contribution in [3.63, 3.8) is 0 Å². The lowest BCUT2D eigenvalue weighted by Gasteiger charge is -2.28. The van der Waals surface area contributed by atoms with Crippen LogP contribution in [0.2, 0.25) is 10.0 Å². The molecule has 5 nitrogen and oxygen atoms in total. The fraction of sp³-hybridized carbons (Fsp3) is 0.474. The number of alkyl halides is 3. The summed E-state index contributed by atoms with van der Waals surface area (Å²) in [6, 6.07) is 5.15. The van der Waals surface area contributed by atoms with Gasteiger partial charge in [-0.1, -0.05) is 35.3 Å². The Morgan fingerprint density at radius 2 is 1.93 bits per heavy atom. The van der Waals surface area contributed by atoms with Crippen LogP contribution in [0.3, 0.4) is 0 Å². The zero-order chi connectivity index (χ0) is 20.9. The summed E-state index contributed by atoms with van der Waals surface area (Å²) in [7, 11) is 0. The van der Waals surface area contributed by atoms with Crippen molar-refractivity contribution in [1.82, 2.24) is 14.7 Å². The van der Waals surface area contributed by atoms with E-state index in [-0.39, 0.29) is 18.3 Å². The van der Waals surface area contributed by atoms with Gasteiger partial charge in [-0.15, -0.1) is 12.4 Å². The van der Waals surface area contributed by atoms with E-state index < -0.39 is 36.4 Å². The van der Waals surface area contributed by atoms with Crippen LogP contribution in [-0.2, 0) is 17.5 Å². The molecule has 1 aromatic carbocycles. The molecule has 1 saturated carbocycles. The van der Waals surface area contributed by atoms with Gasteiger partial charge in [0.15, 0.2) is 0 Å². The number of nitrogens with zero attached hydrogens (tertiary/aromatic N) is 3. The first kappa shape index (κ1) is 23.2. The minimum Gasteiger partial charge on any atom is -0.332 e. The molecule has 0 unspecified atom stereocenters. The molecule has 2 N–H and O–H groups in total. The van der Waals surface area contributed by atoms with E-state index in [2.05, 4.69) is 5.10 Å². The lowest BCUT2D eigenvalue weighted by molar-refractivity contribution is -0.146. The highest BCUT2D eigenvalue weighted by Gasteiger charge is 2.41. The molecule has 0 radical (unpaired) electrons. The van der Waals surface area contributed by atoms with Gasteiger partial charge in [0.25, 0.3) is 0 Å². The molecular weight excluding hydrogens is 464 g/mol. The van der Waals surface area contributed by atoms with E-state index in [9.17, 15) is 18.0 Å². The van der Waals surface area contributed by atoms with Crippen molar-refractivity contribution in [3.05, 3.63) is 51.3 Å². The third-order valence-electron chi connectivity index (χ3n) is 5.44. The first-order chi connectivity index (χ1) is 13.7. The highest BCUT2D eigenvalue weighted by Crippen LogP contribution is 2.42. The van der Waals surface area contributed by atoms with E-state index in [0.717, 1.165) is 23.6 Å². The largest absolute Gasteiger partial charge is 0.433 e. The van der Waals surface area contributed by atoms with Gasteiger partial charge in [-0.2, -0.15) is 18.3 Å². The van der Waals surface area contributed by atoms with Crippen molar-refractivity contribution in [2.75, 3.05) is 6.54 Å². The number of aromatic nitrogens is 2. The molecule has 0 bridgehead atoms. The number of carbonyl (C=O) groups excluding carboxylic acids is 1. The molecule has 1 aliphatic heterocycles. The average molecular weight is 484 g/mol. The summed E-state index contributed by atoms with van der Waals surface area (Å²) in [5.41, 5.74) is 6.27. The van der Waals surface area contributed by atoms with Crippen LogP contribution in [0.1, 0.15) is 48.2 Å². The van der Waals surface area contributed by atoms with Crippen LogP contribution in [0.25, 0.3) is 0 Å². The smallest absolute Gasteiger partial charge is 0.332 e. The van der Waals surface area contributed by atoms with Gasteiger partial charge in [-0.05, 0) is 37.0 Å². The summed E-state index contributed by atoms with van der Waals surface area (Å²) in [4.78, 5) is 14.5. The van der Waals surface area contributed by atoms with Crippen molar-refractivity contribution in [1.29, 1.82) is 0 Å². The predicted molar refractivity (Wildman–Crippen MR) is 110 cm³/mol. The van der Waals surface area contributed by atoms with Gasteiger partial charge in [-0.3, -0.25) is 9.48 Å². The van der Waals surface area contributed by atoms with E-state index >= 15 is 0 Å². The van der Waals surface area contributed by atoms with Crippen LogP contribution in [0, 0.1) is 0 Å². The van der Waals surface area contributed by atoms with Gasteiger partial charge in [0.1, 0.15) is 12.2 Å². The summed E-state index contributed by atoms with van der Waals surface area (Å²) >= 11 is 12.4. The van der Waals surface area contributed by atoms with Crippen molar-refractivity contribution in [2.24, 2.45) is 5.73 Å². The summed E-state index contributed by atoms with van der Waals surface area (Å²) < 4.78 is 41.1. The molecule has 1 amide bonds. The van der Waals surface area contributed by atoms with E-state index in [4.69, 9.17) is 28.9 Å². The Labute approximate surface area is 187 Å². The maximum atomic E-state index is 13.4. The second-order valence-corrected chi connectivity index (χ2v) is 8.30.